The average Bonchev–Trinajstić information content (AvgIpc) is 0.811. The Morgan fingerprint density at radius 1 is 1.14 bits per heavy atom. The van der Waals surface area contributed by atoms with Gasteiger partial charge in [-0.15, -0.1) is 0 Å². The van der Waals surface area contributed by atoms with E-state index >= 15 is 0 Å². The number of carboxylic acid groups (broad SMARTS) is 2. The van der Waals surface area contributed by atoms with E-state index in [1.807, 2.05) is 0 Å². The molecule has 0 amide bonds. The van der Waals surface area contributed by atoms with Gasteiger partial charge in [-0.1, -0.05) is 0 Å². The van der Waals surface area contributed by atoms with E-state index < -0.39 is 6.16 Å². The van der Waals surface area contributed by atoms with E-state index in [9.17, 15) is 0 Å². The van der Waals surface area contributed by atoms with Crippen molar-refractivity contribution in [3.63, 3.8) is 0 Å². The second kappa shape index (κ2) is 15.6. The molecule has 0 atom stereocenters. The second-order valence-corrected chi connectivity index (χ2v) is 0.283. The largest absolute Gasteiger partial charge is 2.00 e. The molecular weight excluding hydrogens is 260 g/mol. The SMILES string of the molecule is O=C(O)O.[Br-].[Br-].[Ca+2]. The van der Waals surface area contributed by atoms with Crippen LogP contribution in [-0.2, 0) is 0 Å². The second-order valence-electron chi connectivity index (χ2n) is 0.283. The first-order chi connectivity index (χ1) is 1.73. The Morgan fingerprint density at radius 2 is 1.14 bits per heavy atom. The zero-order valence-electron chi connectivity index (χ0n) is 3.27. The molecule has 0 aliphatic heterocycles. The number of hydrogen-bond donors (Lipinski definition) is 2. The molecule has 0 heterocycles. The van der Waals surface area contributed by atoms with Crippen molar-refractivity contribution in [2.45, 2.75) is 0 Å². The maximum absolute atomic E-state index is 8.56. The number of halogens is 2. The van der Waals surface area contributed by atoms with Gasteiger partial charge in [-0.3, -0.25) is 0 Å². The van der Waals surface area contributed by atoms with Crippen LogP contribution in [0.5, 0.6) is 0 Å². The van der Waals surface area contributed by atoms with Crippen molar-refractivity contribution in [3.05, 3.63) is 0 Å². The van der Waals surface area contributed by atoms with Gasteiger partial charge in [0.25, 0.3) is 0 Å². The van der Waals surface area contributed by atoms with E-state index in [0.29, 0.717) is 0 Å². The maximum atomic E-state index is 8.56. The Kier molecular flexibility index (Phi) is 52.8. The molecule has 2 N–H and O–H groups in total. The number of carbonyl (C=O) groups is 1. The molecule has 7 heavy (non-hydrogen) atoms. The molecule has 0 aromatic heterocycles. The molecule has 6 heteroatoms. The third kappa shape index (κ3) is 102. The molecule has 0 spiro atoms. The van der Waals surface area contributed by atoms with Gasteiger partial charge in [0, 0.05) is 0 Å². The summed E-state index contributed by atoms with van der Waals surface area (Å²) in [6.45, 7) is 0. The molecule has 0 aliphatic rings. The van der Waals surface area contributed by atoms with Crippen LogP contribution in [0.1, 0.15) is 0 Å². The molecule has 0 unspecified atom stereocenters. The molecule has 0 rings (SSSR count). The van der Waals surface area contributed by atoms with Crippen LogP contribution in [0.2, 0.25) is 0 Å². The summed E-state index contributed by atoms with van der Waals surface area (Å²) in [6.07, 6.45) is -1.83. The molecule has 0 aromatic carbocycles. The molecular formula is CH2Br2CaO3. The minimum atomic E-state index is -1.83. The van der Waals surface area contributed by atoms with E-state index in [0.717, 1.165) is 0 Å². The van der Waals surface area contributed by atoms with Crippen LogP contribution in [-0.4, -0.2) is 54.1 Å². The van der Waals surface area contributed by atoms with Crippen LogP contribution in [0.4, 0.5) is 4.79 Å². The van der Waals surface area contributed by atoms with Crippen molar-refractivity contribution >= 4 is 43.9 Å². The minimum Gasteiger partial charge on any atom is -1.00 e. The van der Waals surface area contributed by atoms with E-state index in [-0.39, 0.29) is 71.7 Å². The van der Waals surface area contributed by atoms with Crippen molar-refractivity contribution in [1.29, 1.82) is 0 Å². The zero-order valence-corrected chi connectivity index (χ0v) is 8.65. The van der Waals surface area contributed by atoms with E-state index in [2.05, 4.69) is 0 Å². The first-order valence-electron chi connectivity index (χ1n) is 0.651. The Balaban J connectivity index is -0.0000000150. The summed E-state index contributed by atoms with van der Waals surface area (Å²) in [4.78, 5) is 8.56. The average molecular weight is 262 g/mol. The van der Waals surface area contributed by atoms with Crippen molar-refractivity contribution in [1.82, 2.24) is 0 Å². The summed E-state index contributed by atoms with van der Waals surface area (Å²) in [5.41, 5.74) is 0. The van der Waals surface area contributed by atoms with Crippen LogP contribution in [0, 0.1) is 0 Å². The van der Waals surface area contributed by atoms with Gasteiger partial charge < -0.3 is 44.2 Å². The Labute approximate surface area is 91.6 Å². The summed E-state index contributed by atoms with van der Waals surface area (Å²) < 4.78 is 0. The number of rotatable bonds is 0. The van der Waals surface area contributed by atoms with Crippen molar-refractivity contribution < 1.29 is 49.0 Å². The molecule has 3 nitrogen and oxygen atoms in total. The molecule has 0 saturated heterocycles. The molecule has 0 bridgehead atoms. The zero-order chi connectivity index (χ0) is 3.58. The van der Waals surface area contributed by atoms with Crippen LogP contribution in [0.25, 0.3) is 0 Å². The van der Waals surface area contributed by atoms with Gasteiger partial charge in [0.1, 0.15) is 0 Å². The van der Waals surface area contributed by atoms with Crippen LogP contribution >= 0.6 is 0 Å². The fourth-order valence-corrected chi connectivity index (χ4v) is 0. The minimum absolute atomic E-state index is 0. The Morgan fingerprint density at radius 3 is 1.14 bits per heavy atom. The normalized spacial score (nSPS) is 3.43. The fraction of sp³-hybridized carbons (Fsp3) is 0. The third-order valence-electron chi connectivity index (χ3n) is 0. The third-order valence-corrected chi connectivity index (χ3v) is 0. The van der Waals surface area contributed by atoms with Gasteiger partial charge in [-0.25, -0.2) is 4.79 Å². The van der Waals surface area contributed by atoms with Crippen LogP contribution in [0.15, 0.2) is 0 Å². The summed E-state index contributed by atoms with van der Waals surface area (Å²) >= 11 is 0. The fourth-order valence-electron chi connectivity index (χ4n) is 0. The quantitative estimate of drug-likeness (QED) is 0.427. The molecule has 0 saturated carbocycles. The van der Waals surface area contributed by atoms with E-state index in [1.165, 1.54) is 0 Å². The summed E-state index contributed by atoms with van der Waals surface area (Å²) in [5.74, 6) is 0. The molecule has 0 aromatic rings. The standard InChI is InChI=1S/CH2O3.2BrH.Ca/c2-1(3)4;;;/h(H2,2,3,4);2*1H;/q;;;+2/p-2. The topological polar surface area (TPSA) is 57.5 Å². The number of hydrogen-bond acceptors (Lipinski definition) is 1. The van der Waals surface area contributed by atoms with Gasteiger partial charge in [0.05, 0.1) is 0 Å². The molecule has 0 aliphatic carbocycles. The van der Waals surface area contributed by atoms with Gasteiger partial charge in [-0.2, -0.15) is 0 Å². The molecule has 0 radical (unpaired) electrons. The van der Waals surface area contributed by atoms with Gasteiger partial charge in [0.15, 0.2) is 0 Å². The summed E-state index contributed by atoms with van der Waals surface area (Å²) in [5, 5.41) is 13.9. The van der Waals surface area contributed by atoms with Crippen molar-refractivity contribution in [2.24, 2.45) is 0 Å². The predicted molar refractivity (Wildman–Crippen MR) is 16.4 cm³/mol. The first kappa shape index (κ1) is 23.6. The van der Waals surface area contributed by atoms with Crippen molar-refractivity contribution in [3.8, 4) is 0 Å². The van der Waals surface area contributed by atoms with Crippen molar-refractivity contribution in [2.75, 3.05) is 0 Å². The molecule has 40 valence electrons. The monoisotopic (exact) mass is 260 g/mol. The smallest absolute Gasteiger partial charge is 1.00 e. The Hall–Kier alpha value is 1.49. The summed E-state index contributed by atoms with van der Waals surface area (Å²) in [6, 6.07) is 0. The van der Waals surface area contributed by atoms with Crippen LogP contribution < -0.4 is 34.0 Å². The maximum Gasteiger partial charge on any atom is 2.00 e. The summed E-state index contributed by atoms with van der Waals surface area (Å²) in [7, 11) is 0. The predicted octanol–water partition coefficient (Wildman–Crippen LogP) is -6.15. The Bertz CT molecular complexity index is 35.9. The van der Waals surface area contributed by atoms with E-state index in [4.69, 9.17) is 15.0 Å². The van der Waals surface area contributed by atoms with Crippen LogP contribution in [0.3, 0.4) is 0 Å². The van der Waals surface area contributed by atoms with Gasteiger partial charge in [-0.05, 0) is 0 Å². The molecule has 0 fully saturated rings. The first-order valence-corrected chi connectivity index (χ1v) is 0.651. The van der Waals surface area contributed by atoms with E-state index in [1.54, 1.807) is 0 Å². The van der Waals surface area contributed by atoms with Gasteiger partial charge in [0.2, 0.25) is 0 Å². The van der Waals surface area contributed by atoms with Gasteiger partial charge >= 0.3 is 43.9 Å².